The summed E-state index contributed by atoms with van der Waals surface area (Å²) in [6.07, 6.45) is 1.36. The molecule has 0 saturated carbocycles. The largest absolute Gasteiger partial charge is 0.493 e. The van der Waals surface area contributed by atoms with Crippen molar-refractivity contribution >= 4 is 57.1 Å². The van der Waals surface area contributed by atoms with E-state index in [0.717, 1.165) is 16.0 Å². The zero-order valence-corrected chi connectivity index (χ0v) is 22.4. The summed E-state index contributed by atoms with van der Waals surface area (Å²) in [5.41, 5.74) is 3.09. The fraction of sp³-hybridized carbons (Fsp3) is 0.143. The molecule has 4 rings (SSSR count). The number of hydrogen-bond donors (Lipinski definition) is 2. The number of rotatable bonds is 7. The SMILES string of the molecule is COc1cc(/C=C2\C(=O)NC(=O)N(c3ccc(C)c(C)c3)C2=O)cc(Br)c1OCC(=O)Nc1ccccc1. The molecule has 0 aliphatic carbocycles. The first-order valence-corrected chi connectivity index (χ1v) is 12.3. The molecular formula is C28H24BrN3O6. The van der Waals surface area contributed by atoms with E-state index in [0.29, 0.717) is 21.4 Å². The molecule has 0 aromatic heterocycles. The molecule has 194 valence electrons. The lowest BCUT2D eigenvalue weighted by atomic mass is 10.0. The van der Waals surface area contributed by atoms with Gasteiger partial charge in [0.15, 0.2) is 18.1 Å². The van der Waals surface area contributed by atoms with Crippen molar-refractivity contribution in [3.05, 3.63) is 87.4 Å². The molecule has 0 atom stereocenters. The van der Waals surface area contributed by atoms with Gasteiger partial charge in [-0.05, 0) is 88.9 Å². The van der Waals surface area contributed by atoms with Crippen LogP contribution in [0.2, 0.25) is 0 Å². The number of para-hydroxylation sites is 1. The minimum Gasteiger partial charge on any atom is -0.493 e. The third-order valence-electron chi connectivity index (χ3n) is 5.82. The summed E-state index contributed by atoms with van der Waals surface area (Å²) in [6, 6.07) is 16.5. The van der Waals surface area contributed by atoms with Crippen LogP contribution in [0.4, 0.5) is 16.2 Å². The number of urea groups is 1. The number of anilines is 2. The van der Waals surface area contributed by atoms with Gasteiger partial charge < -0.3 is 14.8 Å². The quantitative estimate of drug-likeness (QED) is 0.309. The number of barbiturate groups is 1. The van der Waals surface area contributed by atoms with Gasteiger partial charge in [-0.2, -0.15) is 0 Å². The van der Waals surface area contributed by atoms with E-state index in [9.17, 15) is 19.2 Å². The molecule has 10 heteroatoms. The van der Waals surface area contributed by atoms with E-state index in [1.807, 2.05) is 19.9 Å². The van der Waals surface area contributed by atoms with Crippen molar-refractivity contribution in [3.8, 4) is 11.5 Å². The van der Waals surface area contributed by atoms with E-state index in [2.05, 4.69) is 26.6 Å². The molecule has 0 spiro atoms. The highest BCUT2D eigenvalue weighted by Gasteiger charge is 2.37. The van der Waals surface area contributed by atoms with Crippen LogP contribution in [0, 0.1) is 13.8 Å². The lowest BCUT2D eigenvalue weighted by Gasteiger charge is -2.27. The lowest BCUT2D eigenvalue weighted by molar-refractivity contribution is -0.122. The van der Waals surface area contributed by atoms with E-state index in [4.69, 9.17) is 9.47 Å². The number of carbonyl (C=O) groups excluding carboxylic acids is 4. The highest BCUT2D eigenvalue weighted by molar-refractivity contribution is 9.10. The predicted octanol–water partition coefficient (Wildman–Crippen LogP) is 4.76. The minimum absolute atomic E-state index is 0.229. The van der Waals surface area contributed by atoms with Crippen LogP contribution in [0.5, 0.6) is 11.5 Å². The minimum atomic E-state index is -0.823. The second kappa shape index (κ2) is 11.3. The molecule has 1 heterocycles. The van der Waals surface area contributed by atoms with Gasteiger partial charge in [0, 0.05) is 5.69 Å². The number of imide groups is 2. The van der Waals surface area contributed by atoms with Crippen LogP contribution in [0.1, 0.15) is 16.7 Å². The first-order chi connectivity index (χ1) is 18.2. The van der Waals surface area contributed by atoms with E-state index < -0.39 is 17.8 Å². The molecule has 9 nitrogen and oxygen atoms in total. The van der Waals surface area contributed by atoms with Crippen molar-refractivity contribution in [1.82, 2.24) is 5.32 Å². The van der Waals surface area contributed by atoms with Crippen LogP contribution in [0.25, 0.3) is 6.08 Å². The Morgan fingerprint density at radius 2 is 1.76 bits per heavy atom. The van der Waals surface area contributed by atoms with E-state index in [1.54, 1.807) is 54.6 Å². The van der Waals surface area contributed by atoms with E-state index in [-0.39, 0.29) is 29.6 Å². The number of benzene rings is 3. The average Bonchev–Trinajstić information content (AvgIpc) is 2.88. The number of aryl methyl sites for hydroxylation is 2. The zero-order valence-electron chi connectivity index (χ0n) is 20.8. The fourth-order valence-corrected chi connectivity index (χ4v) is 4.32. The van der Waals surface area contributed by atoms with Crippen LogP contribution in [0.15, 0.2) is 70.7 Å². The summed E-state index contributed by atoms with van der Waals surface area (Å²) in [4.78, 5) is 51.6. The molecule has 3 aromatic carbocycles. The Bertz CT molecular complexity index is 1470. The Morgan fingerprint density at radius 3 is 2.45 bits per heavy atom. The first-order valence-electron chi connectivity index (χ1n) is 11.5. The molecule has 1 aliphatic heterocycles. The van der Waals surface area contributed by atoms with Crippen molar-refractivity contribution in [3.63, 3.8) is 0 Å². The molecule has 0 radical (unpaired) electrons. The molecule has 38 heavy (non-hydrogen) atoms. The summed E-state index contributed by atoms with van der Waals surface area (Å²) in [5, 5.41) is 4.95. The topological polar surface area (TPSA) is 114 Å². The van der Waals surface area contributed by atoms with Crippen molar-refractivity contribution < 1.29 is 28.7 Å². The van der Waals surface area contributed by atoms with Crippen molar-refractivity contribution in [2.45, 2.75) is 13.8 Å². The van der Waals surface area contributed by atoms with Crippen LogP contribution < -0.4 is 25.0 Å². The third kappa shape index (κ3) is 5.76. The summed E-state index contributed by atoms with van der Waals surface area (Å²) in [6.45, 7) is 3.50. The molecule has 5 amide bonds. The Labute approximate surface area is 227 Å². The average molecular weight is 578 g/mol. The number of ether oxygens (including phenoxy) is 2. The summed E-state index contributed by atoms with van der Waals surface area (Å²) in [7, 11) is 1.42. The van der Waals surface area contributed by atoms with Crippen LogP contribution >= 0.6 is 15.9 Å². The maximum Gasteiger partial charge on any atom is 0.335 e. The number of amides is 5. The molecule has 0 unspecified atom stereocenters. The highest BCUT2D eigenvalue weighted by Crippen LogP contribution is 2.37. The molecule has 3 aromatic rings. The van der Waals surface area contributed by atoms with Crippen molar-refractivity contribution in [1.29, 1.82) is 0 Å². The maximum absolute atomic E-state index is 13.2. The second-order valence-electron chi connectivity index (χ2n) is 8.46. The molecule has 1 saturated heterocycles. The number of methoxy groups -OCH3 is 1. The van der Waals surface area contributed by atoms with Crippen molar-refractivity contribution in [2.75, 3.05) is 23.9 Å². The molecule has 2 N–H and O–H groups in total. The van der Waals surface area contributed by atoms with Gasteiger partial charge in [0.25, 0.3) is 17.7 Å². The number of carbonyl (C=O) groups is 4. The zero-order chi connectivity index (χ0) is 27.4. The van der Waals surface area contributed by atoms with Crippen LogP contribution in [0.3, 0.4) is 0 Å². The summed E-state index contributed by atoms with van der Waals surface area (Å²) < 4.78 is 11.5. The third-order valence-corrected chi connectivity index (χ3v) is 6.41. The second-order valence-corrected chi connectivity index (χ2v) is 9.32. The van der Waals surface area contributed by atoms with Gasteiger partial charge in [-0.15, -0.1) is 0 Å². The number of nitrogens with zero attached hydrogens (tertiary/aromatic N) is 1. The molecule has 1 aliphatic rings. The summed E-state index contributed by atoms with van der Waals surface area (Å²) in [5.74, 6) is -1.39. The Kier molecular flexibility index (Phi) is 7.92. The highest BCUT2D eigenvalue weighted by atomic mass is 79.9. The number of halogens is 1. The van der Waals surface area contributed by atoms with Gasteiger partial charge in [-0.1, -0.05) is 24.3 Å². The summed E-state index contributed by atoms with van der Waals surface area (Å²) >= 11 is 3.41. The standard InChI is InChI=1S/C28H24BrN3O6/c1-16-9-10-20(11-17(16)2)32-27(35)21(26(34)31-28(32)36)12-18-13-22(29)25(23(14-18)37-3)38-15-24(33)30-19-7-5-4-6-8-19/h4-14H,15H2,1-3H3,(H,30,33)(H,31,34,36)/b21-12+. The number of hydrogen-bond acceptors (Lipinski definition) is 6. The predicted molar refractivity (Wildman–Crippen MR) is 146 cm³/mol. The van der Waals surface area contributed by atoms with Gasteiger partial charge in [-0.25, -0.2) is 9.69 Å². The van der Waals surface area contributed by atoms with E-state index >= 15 is 0 Å². The Balaban J connectivity index is 1.58. The molecule has 0 bridgehead atoms. The normalized spacial score (nSPS) is 14.4. The lowest BCUT2D eigenvalue weighted by Crippen LogP contribution is -2.54. The van der Waals surface area contributed by atoms with Gasteiger partial charge >= 0.3 is 6.03 Å². The Hall–Kier alpha value is -4.44. The van der Waals surface area contributed by atoms with Gasteiger partial charge in [0.2, 0.25) is 0 Å². The molecular weight excluding hydrogens is 554 g/mol. The first kappa shape index (κ1) is 26.6. The Morgan fingerprint density at radius 1 is 1.03 bits per heavy atom. The monoisotopic (exact) mass is 577 g/mol. The van der Waals surface area contributed by atoms with Gasteiger partial charge in [0.05, 0.1) is 17.3 Å². The smallest absolute Gasteiger partial charge is 0.335 e. The van der Waals surface area contributed by atoms with Gasteiger partial charge in [0.1, 0.15) is 5.57 Å². The maximum atomic E-state index is 13.2. The van der Waals surface area contributed by atoms with Gasteiger partial charge in [-0.3, -0.25) is 19.7 Å². The van der Waals surface area contributed by atoms with Crippen LogP contribution in [-0.4, -0.2) is 37.5 Å². The van der Waals surface area contributed by atoms with Crippen molar-refractivity contribution in [2.24, 2.45) is 0 Å². The van der Waals surface area contributed by atoms with E-state index in [1.165, 1.54) is 13.2 Å². The number of nitrogens with one attached hydrogen (secondary N) is 2. The fourth-order valence-electron chi connectivity index (χ4n) is 3.74. The van der Waals surface area contributed by atoms with Crippen LogP contribution in [-0.2, 0) is 14.4 Å². The molecule has 1 fully saturated rings.